The number of rotatable bonds is 8. The van der Waals surface area contributed by atoms with E-state index in [2.05, 4.69) is 21.9 Å². The van der Waals surface area contributed by atoms with Gasteiger partial charge in [-0.1, -0.05) is 19.4 Å². The second-order valence-electron chi connectivity index (χ2n) is 7.85. The summed E-state index contributed by atoms with van der Waals surface area (Å²) in [6.45, 7) is 5.65. The molecule has 8 heteroatoms. The topological polar surface area (TPSA) is 87.7 Å². The summed E-state index contributed by atoms with van der Waals surface area (Å²) >= 11 is 0. The van der Waals surface area contributed by atoms with Crippen LogP contribution in [0.2, 0.25) is 0 Å². The maximum atomic E-state index is 13.0. The fourth-order valence-corrected chi connectivity index (χ4v) is 5.24. The lowest BCUT2D eigenvalue weighted by Crippen LogP contribution is -2.47. The lowest BCUT2D eigenvalue weighted by molar-refractivity contribution is -0.122. The zero-order valence-electron chi connectivity index (χ0n) is 18.3. The summed E-state index contributed by atoms with van der Waals surface area (Å²) in [7, 11) is -2.27. The van der Waals surface area contributed by atoms with Crippen LogP contribution in [-0.4, -0.2) is 45.5 Å². The maximum absolute atomic E-state index is 13.0. The van der Waals surface area contributed by atoms with Crippen molar-refractivity contribution in [3.05, 3.63) is 48.0 Å². The molecule has 2 N–H and O–H groups in total. The van der Waals surface area contributed by atoms with E-state index in [1.54, 1.807) is 50.4 Å². The normalized spacial score (nSPS) is 17.2. The number of nitrogens with zero attached hydrogens (tertiary/aromatic N) is 1. The molecule has 1 saturated heterocycles. The zero-order valence-corrected chi connectivity index (χ0v) is 19.2. The number of nitrogens with one attached hydrogen (secondary N) is 2. The number of hydrogen-bond acceptors (Lipinski definition) is 5. The van der Waals surface area contributed by atoms with Crippen LogP contribution in [0.25, 0.3) is 0 Å². The molecule has 2 aromatic carbocycles. The van der Waals surface area contributed by atoms with Crippen LogP contribution in [0.3, 0.4) is 0 Å². The Labute approximate surface area is 184 Å². The van der Waals surface area contributed by atoms with E-state index in [-0.39, 0.29) is 16.8 Å². The molecule has 1 fully saturated rings. The van der Waals surface area contributed by atoms with E-state index < -0.39 is 10.0 Å². The standard InChI is InChI=1S/C23H31N3O4S/c1-4-14-26-15-6-5-7-21(26)23(27)24-19-9-8-17(2)22(16-19)31(28,29)25-18-10-12-20(30-3)13-11-18/h8-13,16,21,25H,4-7,14-15H2,1-3H3,(H,24,27). The molecule has 0 aliphatic carbocycles. The molecule has 3 rings (SSSR count). The zero-order chi connectivity index (χ0) is 22.4. The number of methoxy groups -OCH3 is 1. The summed E-state index contributed by atoms with van der Waals surface area (Å²) in [4.78, 5) is 15.3. The van der Waals surface area contributed by atoms with Crippen LogP contribution in [0.15, 0.2) is 47.4 Å². The maximum Gasteiger partial charge on any atom is 0.262 e. The summed E-state index contributed by atoms with van der Waals surface area (Å²) in [5.74, 6) is 0.562. The SMILES string of the molecule is CCCN1CCCCC1C(=O)Nc1ccc(C)c(S(=O)(=O)Nc2ccc(OC)cc2)c1. The minimum atomic E-state index is -3.82. The molecule has 7 nitrogen and oxygen atoms in total. The molecule has 168 valence electrons. The molecule has 1 aliphatic rings. The Bertz CT molecular complexity index is 1000. The third-order valence-electron chi connectivity index (χ3n) is 5.51. The number of anilines is 2. The van der Waals surface area contributed by atoms with E-state index in [1.165, 1.54) is 6.07 Å². The molecule has 1 amide bonds. The first-order valence-corrected chi connectivity index (χ1v) is 12.1. The fraction of sp³-hybridized carbons (Fsp3) is 0.435. The van der Waals surface area contributed by atoms with Crippen LogP contribution in [0.5, 0.6) is 5.75 Å². The highest BCUT2D eigenvalue weighted by Crippen LogP contribution is 2.25. The smallest absolute Gasteiger partial charge is 0.262 e. The van der Waals surface area contributed by atoms with E-state index >= 15 is 0 Å². The monoisotopic (exact) mass is 445 g/mol. The van der Waals surface area contributed by atoms with Crippen LogP contribution in [0, 0.1) is 6.92 Å². The first-order valence-electron chi connectivity index (χ1n) is 10.7. The minimum absolute atomic E-state index is 0.0801. The minimum Gasteiger partial charge on any atom is -0.497 e. The molecule has 2 aromatic rings. The second-order valence-corrected chi connectivity index (χ2v) is 9.50. The Morgan fingerprint density at radius 1 is 1.13 bits per heavy atom. The van der Waals surface area contributed by atoms with Gasteiger partial charge in [-0.15, -0.1) is 0 Å². The number of piperidine rings is 1. The van der Waals surface area contributed by atoms with Crippen molar-refractivity contribution in [3.63, 3.8) is 0 Å². The number of benzene rings is 2. The van der Waals surface area contributed by atoms with Crippen molar-refractivity contribution >= 4 is 27.3 Å². The Balaban J connectivity index is 1.77. The first kappa shape index (κ1) is 23.1. The summed E-state index contributed by atoms with van der Waals surface area (Å²) < 4.78 is 33.7. The molecule has 31 heavy (non-hydrogen) atoms. The molecule has 1 unspecified atom stereocenters. The highest BCUT2D eigenvalue weighted by molar-refractivity contribution is 7.92. The lowest BCUT2D eigenvalue weighted by Gasteiger charge is -2.34. The van der Waals surface area contributed by atoms with Crippen LogP contribution < -0.4 is 14.8 Å². The van der Waals surface area contributed by atoms with Crippen molar-refractivity contribution in [2.75, 3.05) is 30.2 Å². The number of aryl methyl sites for hydroxylation is 1. The van der Waals surface area contributed by atoms with Crippen molar-refractivity contribution in [3.8, 4) is 5.75 Å². The fourth-order valence-electron chi connectivity index (χ4n) is 3.90. The van der Waals surface area contributed by atoms with E-state index in [9.17, 15) is 13.2 Å². The molecule has 0 bridgehead atoms. The van der Waals surface area contributed by atoms with Gasteiger partial charge in [-0.3, -0.25) is 14.4 Å². The van der Waals surface area contributed by atoms with Crippen LogP contribution in [-0.2, 0) is 14.8 Å². The third-order valence-corrected chi connectivity index (χ3v) is 7.04. The molecular formula is C23H31N3O4S. The van der Waals surface area contributed by atoms with Gasteiger partial charge in [-0.25, -0.2) is 8.42 Å². The number of carbonyl (C=O) groups excluding carboxylic acids is 1. The van der Waals surface area contributed by atoms with E-state index in [4.69, 9.17) is 4.74 Å². The van der Waals surface area contributed by atoms with Crippen molar-refractivity contribution < 1.29 is 17.9 Å². The third kappa shape index (κ3) is 5.77. The number of hydrogen-bond donors (Lipinski definition) is 2. The summed E-state index contributed by atoms with van der Waals surface area (Å²) in [6.07, 6.45) is 3.95. The molecule has 0 spiro atoms. The Morgan fingerprint density at radius 2 is 1.84 bits per heavy atom. The predicted octanol–water partition coefficient (Wildman–Crippen LogP) is 4.01. The van der Waals surface area contributed by atoms with Crippen molar-refractivity contribution in [2.24, 2.45) is 0 Å². The van der Waals surface area contributed by atoms with Crippen LogP contribution in [0.4, 0.5) is 11.4 Å². The number of sulfonamides is 1. The predicted molar refractivity (Wildman–Crippen MR) is 123 cm³/mol. The quantitative estimate of drug-likeness (QED) is 0.641. The van der Waals surface area contributed by atoms with E-state index in [1.807, 2.05) is 0 Å². The van der Waals surface area contributed by atoms with Gasteiger partial charge in [0.15, 0.2) is 0 Å². The van der Waals surface area contributed by atoms with E-state index in [0.717, 1.165) is 38.8 Å². The molecule has 1 atom stereocenters. The number of carbonyl (C=O) groups is 1. The Morgan fingerprint density at radius 3 is 2.52 bits per heavy atom. The van der Waals surface area contributed by atoms with Crippen LogP contribution >= 0.6 is 0 Å². The summed E-state index contributed by atoms with van der Waals surface area (Å²) in [5.41, 5.74) is 1.52. The highest BCUT2D eigenvalue weighted by atomic mass is 32.2. The molecule has 1 aliphatic heterocycles. The average Bonchev–Trinajstić information content (AvgIpc) is 2.76. The van der Waals surface area contributed by atoms with Crippen molar-refractivity contribution in [1.29, 1.82) is 0 Å². The molecular weight excluding hydrogens is 414 g/mol. The van der Waals surface area contributed by atoms with Gasteiger partial charge in [0.05, 0.1) is 18.0 Å². The van der Waals surface area contributed by atoms with Crippen LogP contribution in [0.1, 0.15) is 38.2 Å². The van der Waals surface area contributed by atoms with Gasteiger partial charge in [0.2, 0.25) is 5.91 Å². The average molecular weight is 446 g/mol. The van der Waals surface area contributed by atoms with Crippen molar-refractivity contribution in [2.45, 2.75) is 50.5 Å². The molecule has 1 heterocycles. The van der Waals surface area contributed by atoms with Gasteiger partial charge < -0.3 is 10.1 Å². The molecule has 0 aromatic heterocycles. The van der Waals surface area contributed by atoms with Gasteiger partial charge in [0.25, 0.3) is 10.0 Å². The van der Waals surface area contributed by atoms with Crippen molar-refractivity contribution in [1.82, 2.24) is 4.90 Å². The lowest BCUT2D eigenvalue weighted by atomic mass is 10.0. The van der Waals surface area contributed by atoms with Gasteiger partial charge >= 0.3 is 0 Å². The van der Waals surface area contributed by atoms with E-state index in [0.29, 0.717) is 22.7 Å². The number of likely N-dealkylation sites (tertiary alicyclic amines) is 1. The number of ether oxygens (including phenoxy) is 1. The largest absolute Gasteiger partial charge is 0.497 e. The van der Waals surface area contributed by atoms with Gasteiger partial charge in [-0.05, 0) is 81.2 Å². The second kappa shape index (κ2) is 10.2. The van der Waals surface area contributed by atoms with Gasteiger partial charge in [-0.2, -0.15) is 0 Å². The first-order chi connectivity index (χ1) is 14.8. The summed E-state index contributed by atoms with van der Waals surface area (Å²) in [5, 5.41) is 2.93. The Kier molecular flexibility index (Phi) is 7.56. The molecule has 0 saturated carbocycles. The van der Waals surface area contributed by atoms with Gasteiger partial charge in [0, 0.05) is 11.4 Å². The van der Waals surface area contributed by atoms with Gasteiger partial charge in [0.1, 0.15) is 5.75 Å². The highest BCUT2D eigenvalue weighted by Gasteiger charge is 2.28. The summed E-state index contributed by atoms with van der Waals surface area (Å²) in [6, 6.07) is 11.5. The molecule has 0 radical (unpaired) electrons. The Hall–Kier alpha value is -2.58. The number of amides is 1.